The van der Waals surface area contributed by atoms with Crippen LogP contribution in [0.1, 0.15) is 41.9 Å². The average Bonchev–Trinajstić information content (AvgIpc) is 3.21. The lowest BCUT2D eigenvalue weighted by atomic mass is 9.77. The lowest BCUT2D eigenvalue weighted by Crippen LogP contribution is -2.41. The number of likely N-dealkylation sites (tertiary alicyclic amines) is 2. The Kier molecular flexibility index (Phi) is 5.60. The third-order valence-electron chi connectivity index (χ3n) is 6.11. The molecular weight excluding hydrogens is 354 g/mol. The van der Waals surface area contributed by atoms with Gasteiger partial charge in [0.1, 0.15) is 0 Å². The molecule has 2 aliphatic heterocycles. The molecule has 4 nitrogen and oxygen atoms in total. The molecule has 0 N–H and O–H groups in total. The van der Waals surface area contributed by atoms with Gasteiger partial charge in [0.15, 0.2) is 0 Å². The molecule has 1 aromatic heterocycles. The summed E-state index contributed by atoms with van der Waals surface area (Å²) >= 11 is 1.73. The molecule has 0 unspecified atom stereocenters. The minimum atomic E-state index is 0.221. The van der Waals surface area contributed by atoms with Crippen molar-refractivity contribution in [3.63, 3.8) is 0 Å². The van der Waals surface area contributed by atoms with Gasteiger partial charge < -0.3 is 4.90 Å². The largest absolute Gasteiger partial charge is 0.342 e. The predicted molar refractivity (Wildman–Crippen MR) is 110 cm³/mol. The molecule has 4 rings (SSSR count). The van der Waals surface area contributed by atoms with Crippen LogP contribution in [-0.2, 0) is 17.8 Å². The summed E-state index contributed by atoms with van der Waals surface area (Å²) in [4.78, 5) is 21.8. The van der Waals surface area contributed by atoms with Gasteiger partial charge >= 0.3 is 0 Å². The van der Waals surface area contributed by atoms with E-state index in [1.54, 1.807) is 11.3 Å². The highest BCUT2D eigenvalue weighted by atomic mass is 32.1. The molecule has 0 bridgehead atoms. The SMILES string of the molecule is Cc1nc(CN2CCC3(CC2)CC(=O)N(CCCc2ccccc2)C3)cs1. The zero-order valence-electron chi connectivity index (χ0n) is 16.2. The fourth-order valence-corrected chi connectivity index (χ4v) is 5.14. The maximum Gasteiger partial charge on any atom is 0.223 e. The predicted octanol–water partition coefficient (Wildman–Crippen LogP) is 3.90. The monoisotopic (exact) mass is 383 g/mol. The van der Waals surface area contributed by atoms with Crippen molar-refractivity contribution in [2.75, 3.05) is 26.2 Å². The molecule has 1 spiro atoms. The molecule has 3 heterocycles. The highest BCUT2D eigenvalue weighted by molar-refractivity contribution is 7.09. The van der Waals surface area contributed by atoms with E-state index in [1.807, 2.05) is 0 Å². The van der Waals surface area contributed by atoms with Gasteiger partial charge in [-0.15, -0.1) is 11.3 Å². The van der Waals surface area contributed by atoms with Crippen LogP contribution >= 0.6 is 11.3 Å². The Morgan fingerprint density at radius 3 is 2.67 bits per heavy atom. The summed E-state index contributed by atoms with van der Waals surface area (Å²) in [6.07, 6.45) is 5.13. The summed E-state index contributed by atoms with van der Waals surface area (Å²) in [7, 11) is 0. The Morgan fingerprint density at radius 1 is 1.19 bits per heavy atom. The van der Waals surface area contributed by atoms with Gasteiger partial charge in [0.25, 0.3) is 0 Å². The number of thiazole rings is 1. The van der Waals surface area contributed by atoms with Gasteiger partial charge in [0, 0.05) is 31.4 Å². The summed E-state index contributed by atoms with van der Waals surface area (Å²) in [6, 6.07) is 10.6. The summed E-state index contributed by atoms with van der Waals surface area (Å²) in [5.41, 5.74) is 2.78. The molecule has 2 fully saturated rings. The van der Waals surface area contributed by atoms with E-state index in [0.29, 0.717) is 5.91 Å². The molecule has 2 saturated heterocycles. The average molecular weight is 384 g/mol. The van der Waals surface area contributed by atoms with Crippen molar-refractivity contribution in [1.82, 2.24) is 14.8 Å². The van der Waals surface area contributed by atoms with Gasteiger partial charge in [-0.2, -0.15) is 0 Å². The lowest BCUT2D eigenvalue weighted by Gasteiger charge is -2.38. The number of aryl methyl sites for hydroxylation is 2. The van der Waals surface area contributed by atoms with Gasteiger partial charge in [-0.1, -0.05) is 30.3 Å². The second kappa shape index (κ2) is 8.11. The fourth-order valence-electron chi connectivity index (χ4n) is 4.53. The first kappa shape index (κ1) is 18.6. The summed E-state index contributed by atoms with van der Waals surface area (Å²) in [5, 5.41) is 3.32. The van der Waals surface area contributed by atoms with E-state index in [2.05, 4.69) is 57.4 Å². The maximum absolute atomic E-state index is 12.6. The molecule has 5 heteroatoms. The molecule has 27 heavy (non-hydrogen) atoms. The second-order valence-corrected chi connectivity index (χ2v) is 9.28. The topological polar surface area (TPSA) is 36.4 Å². The molecule has 2 aromatic rings. The van der Waals surface area contributed by atoms with E-state index in [1.165, 1.54) is 11.3 Å². The zero-order valence-corrected chi connectivity index (χ0v) is 17.0. The highest BCUT2D eigenvalue weighted by Gasteiger charge is 2.44. The van der Waals surface area contributed by atoms with Crippen LogP contribution in [-0.4, -0.2) is 46.9 Å². The van der Waals surface area contributed by atoms with E-state index in [4.69, 9.17) is 0 Å². The molecule has 0 aliphatic carbocycles. The number of hydrogen-bond donors (Lipinski definition) is 0. The van der Waals surface area contributed by atoms with Crippen LogP contribution < -0.4 is 0 Å². The molecular formula is C22H29N3OS. The molecule has 0 atom stereocenters. The van der Waals surface area contributed by atoms with Crippen molar-refractivity contribution in [3.05, 3.63) is 52.0 Å². The van der Waals surface area contributed by atoms with Crippen molar-refractivity contribution in [2.45, 2.75) is 45.6 Å². The van der Waals surface area contributed by atoms with Crippen LogP contribution in [0.4, 0.5) is 0 Å². The molecule has 1 amide bonds. The van der Waals surface area contributed by atoms with Gasteiger partial charge in [-0.05, 0) is 56.7 Å². The number of amides is 1. The van der Waals surface area contributed by atoms with E-state index in [0.717, 1.165) is 69.8 Å². The number of benzene rings is 1. The third kappa shape index (κ3) is 4.58. The Labute approximate surface area is 166 Å². The molecule has 2 aliphatic rings. The first-order chi connectivity index (χ1) is 13.1. The molecule has 0 radical (unpaired) electrons. The Balaban J connectivity index is 1.25. The number of carbonyl (C=O) groups excluding carboxylic acids is 1. The molecule has 1 aromatic carbocycles. The summed E-state index contributed by atoms with van der Waals surface area (Å²) < 4.78 is 0. The molecule has 0 saturated carbocycles. The van der Waals surface area contributed by atoms with Crippen LogP contribution in [0.3, 0.4) is 0 Å². The van der Waals surface area contributed by atoms with Crippen LogP contribution in [0.2, 0.25) is 0 Å². The maximum atomic E-state index is 12.6. The zero-order chi connectivity index (χ0) is 18.7. The molecule has 144 valence electrons. The van der Waals surface area contributed by atoms with Gasteiger partial charge in [0.05, 0.1) is 10.7 Å². The van der Waals surface area contributed by atoms with Crippen molar-refractivity contribution in [2.24, 2.45) is 5.41 Å². The lowest BCUT2D eigenvalue weighted by molar-refractivity contribution is -0.127. The van der Waals surface area contributed by atoms with E-state index in [9.17, 15) is 4.79 Å². The number of piperidine rings is 1. The van der Waals surface area contributed by atoms with Crippen molar-refractivity contribution < 1.29 is 4.79 Å². The number of aromatic nitrogens is 1. The standard InChI is InChI=1S/C22H29N3OS/c1-18-23-20(16-27-18)15-24-12-9-22(10-13-24)14-21(26)25(17-22)11-5-8-19-6-3-2-4-7-19/h2-4,6-7,16H,5,8-15,17H2,1H3. The van der Waals surface area contributed by atoms with Crippen LogP contribution in [0.15, 0.2) is 35.7 Å². The summed E-state index contributed by atoms with van der Waals surface area (Å²) in [6.45, 7) is 7.05. The van der Waals surface area contributed by atoms with Crippen LogP contribution in [0.25, 0.3) is 0 Å². The van der Waals surface area contributed by atoms with Crippen molar-refractivity contribution in [1.29, 1.82) is 0 Å². The van der Waals surface area contributed by atoms with E-state index < -0.39 is 0 Å². The number of carbonyl (C=O) groups is 1. The number of rotatable bonds is 6. The Hall–Kier alpha value is -1.72. The highest BCUT2D eigenvalue weighted by Crippen LogP contribution is 2.41. The van der Waals surface area contributed by atoms with Crippen LogP contribution in [0, 0.1) is 12.3 Å². The van der Waals surface area contributed by atoms with Gasteiger partial charge in [-0.25, -0.2) is 4.98 Å². The van der Waals surface area contributed by atoms with Crippen molar-refractivity contribution in [3.8, 4) is 0 Å². The van der Waals surface area contributed by atoms with Gasteiger partial charge in [0.2, 0.25) is 5.91 Å². The summed E-state index contributed by atoms with van der Waals surface area (Å²) in [5.74, 6) is 0.367. The van der Waals surface area contributed by atoms with E-state index >= 15 is 0 Å². The normalized spacial score (nSPS) is 19.9. The fraction of sp³-hybridized carbons (Fsp3) is 0.545. The number of hydrogen-bond acceptors (Lipinski definition) is 4. The van der Waals surface area contributed by atoms with E-state index in [-0.39, 0.29) is 5.41 Å². The first-order valence-corrected chi connectivity index (χ1v) is 10.9. The van der Waals surface area contributed by atoms with Crippen molar-refractivity contribution >= 4 is 17.2 Å². The Morgan fingerprint density at radius 2 is 1.96 bits per heavy atom. The van der Waals surface area contributed by atoms with Gasteiger partial charge in [-0.3, -0.25) is 9.69 Å². The minimum Gasteiger partial charge on any atom is -0.342 e. The smallest absolute Gasteiger partial charge is 0.223 e. The first-order valence-electron chi connectivity index (χ1n) is 10.1. The Bertz CT molecular complexity index is 765. The van der Waals surface area contributed by atoms with Crippen LogP contribution in [0.5, 0.6) is 0 Å². The number of nitrogens with zero attached hydrogens (tertiary/aromatic N) is 3. The second-order valence-electron chi connectivity index (χ2n) is 8.22. The quantitative estimate of drug-likeness (QED) is 0.759. The minimum absolute atomic E-state index is 0.221. The third-order valence-corrected chi connectivity index (χ3v) is 6.93.